The van der Waals surface area contributed by atoms with Crippen LogP contribution in [0.15, 0.2) is 30.6 Å². The van der Waals surface area contributed by atoms with Gasteiger partial charge in [0.25, 0.3) is 0 Å². The topological polar surface area (TPSA) is 52.6 Å². The van der Waals surface area contributed by atoms with Crippen molar-refractivity contribution < 1.29 is 4.79 Å². The fourth-order valence-electron chi connectivity index (χ4n) is 5.00. The summed E-state index contributed by atoms with van der Waals surface area (Å²) in [6.45, 7) is 9.43. The van der Waals surface area contributed by atoms with Crippen LogP contribution in [-0.4, -0.2) is 65.9 Å². The molecule has 154 valence electrons. The lowest BCUT2D eigenvalue weighted by Crippen LogP contribution is -2.40. The molecule has 1 aromatic carbocycles. The number of rotatable bonds is 4. The monoisotopic (exact) mass is 393 g/mol. The SMILES string of the molecule is Cc1ccccc1[C@H]1[C@@H]2CN(c3ncnc(C)c3C)C[C@@H]2CN1C(=O)CN(C)C. The van der Waals surface area contributed by atoms with Crippen LogP contribution >= 0.6 is 0 Å². The van der Waals surface area contributed by atoms with E-state index in [0.717, 1.165) is 36.7 Å². The van der Waals surface area contributed by atoms with E-state index in [1.165, 1.54) is 11.1 Å². The summed E-state index contributed by atoms with van der Waals surface area (Å²) in [5.74, 6) is 2.14. The van der Waals surface area contributed by atoms with Crippen LogP contribution in [0, 0.1) is 32.6 Å². The van der Waals surface area contributed by atoms with Crippen molar-refractivity contribution in [1.29, 1.82) is 0 Å². The molecule has 3 atom stereocenters. The number of carbonyl (C=O) groups excluding carboxylic acids is 1. The Morgan fingerprint density at radius 1 is 1.10 bits per heavy atom. The number of carbonyl (C=O) groups is 1. The van der Waals surface area contributed by atoms with Gasteiger partial charge < -0.3 is 14.7 Å². The number of hydrogen-bond acceptors (Lipinski definition) is 5. The van der Waals surface area contributed by atoms with Gasteiger partial charge >= 0.3 is 0 Å². The Kier molecular flexibility index (Phi) is 5.30. The lowest BCUT2D eigenvalue weighted by Gasteiger charge is -2.32. The van der Waals surface area contributed by atoms with Gasteiger partial charge in [0.05, 0.1) is 12.6 Å². The molecule has 0 spiro atoms. The zero-order valence-electron chi connectivity index (χ0n) is 18.1. The van der Waals surface area contributed by atoms with Gasteiger partial charge in [0.2, 0.25) is 5.91 Å². The third kappa shape index (κ3) is 3.62. The van der Waals surface area contributed by atoms with E-state index in [2.05, 4.69) is 57.9 Å². The molecule has 2 saturated heterocycles. The van der Waals surface area contributed by atoms with Crippen molar-refractivity contribution >= 4 is 11.7 Å². The molecule has 1 aromatic heterocycles. The highest BCUT2D eigenvalue weighted by molar-refractivity contribution is 5.79. The summed E-state index contributed by atoms with van der Waals surface area (Å²) in [6.07, 6.45) is 1.66. The first kappa shape index (κ1) is 19.8. The normalized spacial score (nSPS) is 23.7. The Morgan fingerprint density at radius 2 is 1.86 bits per heavy atom. The van der Waals surface area contributed by atoms with Crippen LogP contribution < -0.4 is 4.90 Å². The maximum absolute atomic E-state index is 13.1. The van der Waals surface area contributed by atoms with Crippen LogP contribution in [0.4, 0.5) is 5.82 Å². The van der Waals surface area contributed by atoms with Crippen LogP contribution in [0.2, 0.25) is 0 Å². The number of aryl methyl sites for hydroxylation is 2. The molecule has 2 fully saturated rings. The fourth-order valence-corrected chi connectivity index (χ4v) is 5.00. The van der Waals surface area contributed by atoms with Gasteiger partial charge in [0.1, 0.15) is 12.1 Å². The first-order valence-electron chi connectivity index (χ1n) is 10.4. The largest absolute Gasteiger partial charge is 0.356 e. The molecule has 0 bridgehead atoms. The standard InChI is InChI=1S/C23H31N5O/c1-15-8-6-7-9-19(15)22-20-12-27(23-16(2)17(3)24-14-25-23)10-18(20)11-28(22)21(29)13-26(4)5/h6-9,14,18,20,22H,10-13H2,1-5H3/t18-,20-,22+/m1/s1. The van der Waals surface area contributed by atoms with E-state index in [9.17, 15) is 4.79 Å². The Hall–Kier alpha value is -2.47. The minimum Gasteiger partial charge on any atom is -0.356 e. The highest BCUT2D eigenvalue weighted by Crippen LogP contribution is 2.46. The number of fused-ring (bicyclic) bond motifs is 1. The average molecular weight is 394 g/mol. The second-order valence-corrected chi connectivity index (χ2v) is 8.82. The molecule has 2 aliphatic rings. The molecule has 0 N–H and O–H groups in total. The van der Waals surface area contributed by atoms with Gasteiger partial charge in [-0.3, -0.25) is 4.79 Å². The second-order valence-electron chi connectivity index (χ2n) is 8.82. The number of anilines is 1. The Bertz CT molecular complexity index is 912. The van der Waals surface area contributed by atoms with Crippen molar-refractivity contribution in [3.05, 3.63) is 53.0 Å². The van der Waals surface area contributed by atoms with Gasteiger partial charge in [0, 0.05) is 42.7 Å². The highest BCUT2D eigenvalue weighted by Gasteiger charge is 2.49. The van der Waals surface area contributed by atoms with Crippen LogP contribution in [-0.2, 0) is 4.79 Å². The lowest BCUT2D eigenvalue weighted by atomic mass is 9.87. The molecule has 1 amide bonds. The van der Waals surface area contributed by atoms with Crippen LogP contribution in [0.25, 0.3) is 0 Å². The number of aromatic nitrogens is 2. The fraction of sp³-hybridized carbons (Fsp3) is 0.522. The highest BCUT2D eigenvalue weighted by atomic mass is 16.2. The van der Waals surface area contributed by atoms with Gasteiger partial charge in [-0.05, 0) is 46.0 Å². The minimum absolute atomic E-state index is 0.127. The maximum atomic E-state index is 13.1. The van der Waals surface area contributed by atoms with Crippen LogP contribution in [0.3, 0.4) is 0 Å². The molecular formula is C23H31N5O. The van der Waals surface area contributed by atoms with Crippen molar-refractivity contribution in [1.82, 2.24) is 19.8 Å². The lowest BCUT2D eigenvalue weighted by molar-refractivity contribution is -0.133. The van der Waals surface area contributed by atoms with Crippen molar-refractivity contribution in [2.24, 2.45) is 11.8 Å². The first-order chi connectivity index (χ1) is 13.9. The molecule has 6 heteroatoms. The molecule has 6 nitrogen and oxygen atoms in total. The Balaban J connectivity index is 1.66. The molecule has 4 rings (SSSR count). The summed E-state index contributed by atoms with van der Waals surface area (Å²) in [7, 11) is 3.92. The van der Waals surface area contributed by atoms with Gasteiger partial charge in [0.15, 0.2) is 0 Å². The van der Waals surface area contributed by atoms with Crippen LogP contribution in [0.5, 0.6) is 0 Å². The van der Waals surface area contributed by atoms with Gasteiger partial charge in [-0.15, -0.1) is 0 Å². The summed E-state index contributed by atoms with van der Waals surface area (Å²) in [6, 6.07) is 8.64. The van der Waals surface area contributed by atoms with E-state index in [0.29, 0.717) is 18.4 Å². The predicted octanol–water partition coefficient (Wildman–Crippen LogP) is 2.60. The summed E-state index contributed by atoms with van der Waals surface area (Å²) in [4.78, 5) is 28.5. The molecule has 0 unspecified atom stereocenters. The quantitative estimate of drug-likeness (QED) is 0.799. The molecule has 0 aliphatic carbocycles. The molecular weight excluding hydrogens is 362 g/mol. The van der Waals surface area contributed by atoms with Crippen molar-refractivity contribution in [3.63, 3.8) is 0 Å². The smallest absolute Gasteiger partial charge is 0.237 e. The molecule has 0 saturated carbocycles. The second kappa shape index (κ2) is 7.75. The Labute approximate surface area is 173 Å². The number of nitrogens with zero attached hydrogens (tertiary/aromatic N) is 5. The van der Waals surface area contributed by atoms with Crippen molar-refractivity contribution in [2.75, 3.05) is 45.2 Å². The number of likely N-dealkylation sites (N-methyl/N-ethyl adjacent to an activating group) is 1. The summed E-state index contributed by atoms with van der Waals surface area (Å²) < 4.78 is 0. The molecule has 2 aromatic rings. The summed E-state index contributed by atoms with van der Waals surface area (Å²) in [5.41, 5.74) is 4.73. The van der Waals surface area contributed by atoms with E-state index in [1.54, 1.807) is 6.33 Å². The third-order valence-corrected chi connectivity index (χ3v) is 6.55. The van der Waals surface area contributed by atoms with E-state index >= 15 is 0 Å². The predicted molar refractivity (Wildman–Crippen MR) is 115 cm³/mol. The Morgan fingerprint density at radius 3 is 2.59 bits per heavy atom. The maximum Gasteiger partial charge on any atom is 0.237 e. The average Bonchev–Trinajstić information content (AvgIpc) is 3.22. The van der Waals surface area contributed by atoms with Crippen molar-refractivity contribution in [3.8, 4) is 0 Å². The third-order valence-electron chi connectivity index (χ3n) is 6.55. The van der Waals surface area contributed by atoms with E-state index in [1.807, 2.05) is 25.9 Å². The van der Waals surface area contributed by atoms with Gasteiger partial charge in [-0.25, -0.2) is 9.97 Å². The molecule has 2 aliphatic heterocycles. The minimum atomic E-state index is 0.127. The zero-order chi connectivity index (χ0) is 20.7. The van der Waals surface area contributed by atoms with E-state index < -0.39 is 0 Å². The number of hydrogen-bond donors (Lipinski definition) is 0. The summed E-state index contributed by atoms with van der Waals surface area (Å²) >= 11 is 0. The van der Waals surface area contributed by atoms with Gasteiger partial charge in [-0.2, -0.15) is 0 Å². The number of likely N-dealkylation sites (tertiary alicyclic amines) is 1. The first-order valence-corrected chi connectivity index (χ1v) is 10.4. The van der Waals surface area contributed by atoms with Gasteiger partial charge in [-0.1, -0.05) is 24.3 Å². The van der Waals surface area contributed by atoms with E-state index in [4.69, 9.17) is 0 Å². The van der Waals surface area contributed by atoms with Crippen LogP contribution in [0.1, 0.15) is 28.4 Å². The number of amides is 1. The van der Waals surface area contributed by atoms with Crippen molar-refractivity contribution in [2.45, 2.75) is 26.8 Å². The summed E-state index contributed by atoms with van der Waals surface area (Å²) in [5, 5.41) is 0. The molecule has 3 heterocycles. The number of benzene rings is 1. The zero-order valence-corrected chi connectivity index (χ0v) is 18.1. The molecule has 29 heavy (non-hydrogen) atoms. The van der Waals surface area contributed by atoms with E-state index in [-0.39, 0.29) is 11.9 Å². The molecule has 0 radical (unpaired) electrons.